The maximum atomic E-state index is 8.52. The van der Waals surface area contributed by atoms with Gasteiger partial charge in [-0.3, -0.25) is 0 Å². The van der Waals surface area contributed by atoms with Crippen molar-refractivity contribution < 1.29 is 73.5 Å². The second-order valence-corrected chi connectivity index (χ2v) is 2.36. The molecule has 1 rings (SSSR count). The Morgan fingerprint density at radius 1 is 1.14 bits per heavy atom. The van der Waals surface area contributed by atoms with Crippen LogP contribution in [0.5, 0.6) is 0 Å². The molecular weight excluding hydrogens is 221 g/mol. The fourth-order valence-corrected chi connectivity index (χ4v) is 0.589. The maximum absolute atomic E-state index is 8.52. The SMILES string of the molecule is C=Cc1ccccc1.O=[PH]([O-])[O-].[Na+].[Na+]. The zero-order valence-electron chi connectivity index (χ0n) is 8.40. The molecule has 0 atom stereocenters. The zero-order valence-corrected chi connectivity index (χ0v) is 13.4. The van der Waals surface area contributed by atoms with Crippen molar-refractivity contribution in [3.8, 4) is 0 Å². The molecule has 0 aliphatic rings. The minimum Gasteiger partial charge on any atom is -0.813 e. The normalized spacial score (nSPS) is 7.36. The molecule has 0 aliphatic carbocycles. The summed E-state index contributed by atoms with van der Waals surface area (Å²) < 4.78 is 8.52. The number of hydrogen-bond acceptors (Lipinski definition) is 3. The Morgan fingerprint density at radius 3 is 1.71 bits per heavy atom. The molecule has 0 heterocycles. The molecule has 0 saturated carbocycles. The first-order valence-electron chi connectivity index (χ1n) is 3.22. The van der Waals surface area contributed by atoms with Crippen LogP contribution < -0.4 is 68.9 Å². The predicted molar refractivity (Wildman–Crippen MR) is 45.5 cm³/mol. The van der Waals surface area contributed by atoms with E-state index in [0.29, 0.717) is 0 Å². The summed E-state index contributed by atoms with van der Waals surface area (Å²) >= 11 is 0. The van der Waals surface area contributed by atoms with Gasteiger partial charge in [0.2, 0.25) is 0 Å². The minimum absolute atomic E-state index is 0. The number of hydrogen-bond donors (Lipinski definition) is 0. The Kier molecular flexibility index (Phi) is 20.7. The van der Waals surface area contributed by atoms with Crippen LogP contribution in [0, 0.1) is 0 Å². The summed E-state index contributed by atoms with van der Waals surface area (Å²) in [6, 6.07) is 10.0. The van der Waals surface area contributed by atoms with Crippen molar-refractivity contribution in [1.82, 2.24) is 0 Å². The molecule has 14 heavy (non-hydrogen) atoms. The van der Waals surface area contributed by atoms with Crippen LogP contribution in [0.2, 0.25) is 0 Å². The van der Waals surface area contributed by atoms with Crippen molar-refractivity contribution in [2.45, 2.75) is 0 Å². The van der Waals surface area contributed by atoms with Crippen LogP contribution >= 0.6 is 8.25 Å². The van der Waals surface area contributed by atoms with Gasteiger partial charge in [0, 0.05) is 0 Å². The third kappa shape index (κ3) is 15.6. The van der Waals surface area contributed by atoms with Gasteiger partial charge >= 0.3 is 59.1 Å². The van der Waals surface area contributed by atoms with E-state index in [2.05, 4.69) is 6.58 Å². The Morgan fingerprint density at radius 2 is 1.50 bits per heavy atom. The van der Waals surface area contributed by atoms with Gasteiger partial charge in [-0.25, -0.2) is 0 Å². The molecule has 0 aromatic heterocycles. The third-order valence-corrected chi connectivity index (χ3v) is 1.04. The summed E-state index contributed by atoms with van der Waals surface area (Å²) in [5.74, 6) is 0. The Balaban J connectivity index is -0.000000180. The predicted octanol–water partition coefficient (Wildman–Crippen LogP) is -5.57. The monoisotopic (exact) mass is 230 g/mol. The van der Waals surface area contributed by atoms with E-state index in [0.717, 1.165) is 0 Å². The summed E-state index contributed by atoms with van der Waals surface area (Å²) in [5.41, 5.74) is 1.17. The van der Waals surface area contributed by atoms with E-state index in [1.807, 2.05) is 36.4 Å². The summed E-state index contributed by atoms with van der Waals surface area (Å²) in [4.78, 5) is 17.0. The van der Waals surface area contributed by atoms with E-state index in [-0.39, 0.29) is 59.1 Å². The molecule has 0 unspecified atom stereocenters. The molecular formula is C8H9Na2O3P. The zero-order chi connectivity index (χ0) is 9.40. The number of rotatable bonds is 1. The largest absolute Gasteiger partial charge is 1.00 e. The van der Waals surface area contributed by atoms with Gasteiger partial charge in [-0.15, -0.1) is 0 Å². The molecule has 1 aromatic rings. The first-order chi connectivity index (χ1) is 5.66. The topological polar surface area (TPSA) is 63.2 Å². The van der Waals surface area contributed by atoms with Gasteiger partial charge in [0.15, 0.2) is 0 Å². The maximum Gasteiger partial charge on any atom is 1.00 e. The van der Waals surface area contributed by atoms with E-state index in [1.165, 1.54) is 5.56 Å². The molecule has 3 nitrogen and oxygen atoms in total. The first kappa shape index (κ1) is 20.5. The average molecular weight is 230 g/mol. The van der Waals surface area contributed by atoms with Crippen LogP contribution in [-0.2, 0) is 4.57 Å². The molecule has 66 valence electrons. The van der Waals surface area contributed by atoms with E-state index >= 15 is 0 Å². The van der Waals surface area contributed by atoms with Crippen molar-refractivity contribution in [3.05, 3.63) is 42.5 Å². The van der Waals surface area contributed by atoms with Gasteiger partial charge < -0.3 is 14.4 Å². The van der Waals surface area contributed by atoms with Gasteiger partial charge in [0.1, 0.15) is 0 Å². The summed E-state index contributed by atoms with van der Waals surface area (Å²) in [5, 5.41) is 0. The summed E-state index contributed by atoms with van der Waals surface area (Å²) in [6.07, 6.45) is 1.83. The molecule has 0 radical (unpaired) electrons. The van der Waals surface area contributed by atoms with Crippen molar-refractivity contribution in [2.75, 3.05) is 0 Å². The Labute approximate surface area is 129 Å². The molecule has 0 saturated heterocycles. The molecule has 6 heteroatoms. The van der Waals surface area contributed by atoms with Crippen molar-refractivity contribution in [2.24, 2.45) is 0 Å². The average Bonchev–Trinajstić information content (AvgIpc) is 2.05. The van der Waals surface area contributed by atoms with Crippen LogP contribution in [0.15, 0.2) is 36.9 Å². The molecule has 0 amide bonds. The molecule has 0 spiro atoms. The van der Waals surface area contributed by atoms with Crippen LogP contribution in [-0.4, -0.2) is 0 Å². The second kappa shape index (κ2) is 14.1. The minimum atomic E-state index is -3.63. The molecule has 0 bridgehead atoms. The van der Waals surface area contributed by atoms with Crippen LogP contribution in [0.4, 0.5) is 0 Å². The number of benzene rings is 1. The fourth-order valence-electron chi connectivity index (χ4n) is 0.589. The van der Waals surface area contributed by atoms with Crippen molar-refractivity contribution in [1.29, 1.82) is 0 Å². The van der Waals surface area contributed by atoms with E-state index in [4.69, 9.17) is 14.4 Å². The summed E-state index contributed by atoms with van der Waals surface area (Å²) in [7, 11) is -3.63. The van der Waals surface area contributed by atoms with Gasteiger partial charge in [-0.2, -0.15) is 0 Å². The molecule has 0 aliphatic heterocycles. The first-order valence-corrected chi connectivity index (χ1v) is 4.44. The van der Waals surface area contributed by atoms with Gasteiger partial charge in [-0.05, 0) is 5.56 Å². The molecule has 0 fully saturated rings. The molecule has 0 N–H and O–H groups in total. The summed E-state index contributed by atoms with van der Waals surface area (Å²) in [6.45, 7) is 3.63. The fraction of sp³-hybridized carbons (Fsp3) is 0. The quantitative estimate of drug-likeness (QED) is 0.357. The van der Waals surface area contributed by atoms with Crippen molar-refractivity contribution >= 4 is 14.3 Å². The van der Waals surface area contributed by atoms with Crippen LogP contribution in [0.25, 0.3) is 6.08 Å². The standard InChI is InChI=1S/C8H8.2Na.H3O3P/c1-2-8-6-4-3-5-7-8;;;1-4(2)3/h2-7H,1H2;;;4H,(H2,1,2,3)/q;2*+1;/p-2. The second-order valence-electron chi connectivity index (χ2n) is 1.86. The van der Waals surface area contributed by atoms with Crippen LogP contribution in [0.1, 0.15) is 5.56 Å². The van der Waals surface area contributed by atoms with Gasteiger partial charge in [0.25, 0.3) is 0 Å². The smallest absolute Gasteiger partial charge is 0.813 e. The Hall–Kier alpha value is 1.11. The van der Waals surface area contributed by atoms with Gasteiger partial charge in [0.05, 0.1) is 0 Å². The van der Waals surface area contributed by atoms with E-state index in [1.54, 1.807) is 0 Å². The third-order valence-electron chi connectivity index (χ3n) is 1.04. The van der Waals surface area contributed by atoms with E-state index < -0.39 is 8.25 Å². The van der Waals surface area contributed by atoms with Crippen LogP contribution in [0.3, 0.4) is 0 Å². The van der Waals surface area contributed by atoms with E-state index in [9.17, 15) is 0 Å². The van der Waals surface area contributed by atoms with Crippen molar-refractivity contribution in [3.63, 3.8) is 0 Å². The molecule has 1 aromatic carbocycles. The van der Waals surface area contributed by atoms with Gasteiger partial charge in [-0.1, -0.05) is 51.2 Å². The Bertz CT molecular complexity index is 250.